The molecule has 3 aromatic carbocycles. The molecule has 2 atom stereocenters. The number of hydrogen-bond acceptors (Lipinski definition) is 2. The number of rotatable bonds is 3. The maximum atomic E-state index is 14.0. The molecular formula is C24H17F3O2. The Morgan fingerprint density at radius 1 is 0.793 bits per heavy atom. The molecule has 0 saturated heterocycles. The highest BCUT2D eigenvalue weighted by atomic mass is 19.1. The largest absolute Gasteiger partial charge is 0.380 e. The van der Waals surface area contributed by atoms with E-state index in [9.17, 15) is 23.1 Å². The summed E-state index contributed by atoms with van der Waals surface area (Å²) in [6, 6.07) is 16.8. The van der Waals surface area contributed by atoms with Crippen molar-refractivity contribution in [2.24, 2.45) is 5.92 Å². The summed E-state index contributed by atoms with van der Waals surface area (Å²) in [5, 5.41) is 11.8. The summed E-state index contributed by atoms with van der Waals surface area (Å²) in [5.74, 6) is -3.55. The molecule has 0 saturated carbocycles. The molecule has 2 nitrogen and oxygen atoms in total. The van der Waals surface area contributed by atoms with E-state index in [1.807, 2.05) is 0 Å². The molecule has 0 spiro atoms. The first-order valence-corrected chi connectivity index (χ1v) is 9.11. The lowest BCUT2D eigenvalue weighted by atomic mass is 9.78. The van der Waals surface area contributed by atoms with E-state index < -0.39 is 29.0 Å². The molecule has 5 heteroatoms. The summed E-state index contributed by atoms with van der Waals surface area (Å²) in [6.07, 6.45) is 0. The average Bonchev–Trinajstić information content (AvgIpc) is 2.91. The molecule has 0 aliphatic heterocycles. The van der Waals surface area contributed by atoms with Crippen LogP contribution < -0.4 is 0 Å². The minimum atomic E-state index is -1.95. The van der Waals surface area contributed by atoms with Gasteiger partial charge in [0.15, 0.2) is 5.78 Å². The molecule has 146 valence electrons. The SMILES string of the molecule is C[C@H]1C(=O)C(c2ccc(F)cc2)=C(c2ccccc2)[C@]1(O)c1cc(F)cc(F)c1. The molecular weight excluding hydrogens is 377 g/mol. The van der Waals surface area contributed by atoms with E-state index in [1.54, 1.807) is 30.3 Å². The molecule has 0 radical (unpaired) electrons. The summed E-state index contributed by atoms with van der Waals surface area (Å²) in [6.45, 7) is 1.52. The quantitative estimate of drug-likeness (QED) is 0.669. The van der Waals surface area contributed by atoms with Gasteiger partial charge in [-0.25, -0.2) is 13.2 Å². The Balaban J connectivity index is 2.06. The minimum Gasteiger partial charge on any atom is -0.380 e. The van der Waals surface area contributed by atoms with Crippen LogP contribution >= 0.6 is 0 Å². The maximum absolute atomic E-state index is 14.0. The van der Waals surface area contributed by atoms with Crippen molar-refractivity contribution in [3.8, 4) is 0 Å². The van der Waals surface area contributed by atoms with E-state index in [2.05, 4.69) is 0 Å². The first-order valence-electron chi connectivity index (χ1n) is 9.11. The molecule has 0 bridgehead atoms. The van der Waals surface area contributed by atoms with Crippen LogP contribution in [0, 0.1) is 23.4 Å². The Morgan fingerprint density at radius 3 is 1.97 bits per heavy atom. The van der Waals surface area contributed by atoms with Gasteiger partial charge in [-0.3, -0.25) is 4.79 Å². The molecule has 0 heterocycles. The number of carbonyl (C=O) groups excluding carboxylic acids is 1. The fourth-order valence-electron chi connectivity index (χ4n) is 3.98. The second-order valence-corrected chi connectivity index (χ2v) is 7.13. The number of hydrogen-bond donors (Lipinski definition) is 1. The summed E-state index contributed by atoms with van der Waals surface area (Å²) < 4.78 is 41.4. The third-order valence-electron chi connectivity index (χ3n) is 5.40. The third kappa shape index (κ3) is 3.08. The fraction of sp³-hybridized carbons (Fsp3) is 0.125. The van der Waals surface area contributed by atoms with Crippen LogP contribution in [0.5, 0.6) is 0 Å². The van der Waals surface area contributed by atoms with Crippen molar-refractivity contribution in [2.75, 3.05) is 0 Å². The number of aliphatic hydroxyl groups is 1. The number of ketones is 1. The second kappa shape index (κ2) is 7.01. The molecule has 1 aliphatic rings. The summed E-state index contributed by atoms with van der Waals surface area (Å²) >= 11 is 0. The van der Waals surface area contributed by atoms with Crippen molar-refractivity contribution in [1.29, 1.82) is 0 Å². The first kappa shape index (κ1) is 19.2. The van der Waals surface area contributed by atoms with Crippen molar-refractivity contribution in [3.05, 3.63) is 107 Å². The highest BCUT2D eigenvalue weighted by Gasteiger charge is 2.52. The van der Waals surface area contributed by atoms with Crippen LogP contribution in [0.25, 0.3) is 11.1 Å². The van der Waals surface area contributed by atoms with Gasteiger partial charge in [0.25, 0.3) is 0 Å². The summed E-state index contributed by atoms with van der Waals surface area (Å²) in [4.78, 5) is 13.2. The van der Waals surface area contributed by atoms with Gasteiger partial charge in [0.1, 0.15) is 23.1 Å². The first-order chi connectivity index (χ1) is 13.8. The Kier molecular flexibility index (Phi) is 4.63. The Labute approximate surface area is 165 Å². The fourth-order valence-corrected chi connectivity index (χ4v) is 3.98. The highest BCUT2D eigenvalue weighted by Crippen LogP contribution is 2.53. The third-order valence-corrected chi connectivity index (χ3v) is 5.40. The van der Waals surface area contributed by atoms with Gasteiger partial charge in [0, 0.05) is 17.2 Å². The van der Waals surface area contributed by atoms with Crippen LogP contribution in [-0.2, 0) is 10.4 Å². The van der Waals surface area contributed by atoms with E-state index in [-0.39, 0.29) is 22.5 Å². The zero-order valence-electron chi connectivity index (χ0n) is 15.5. The molecule has 3 aromatic rings. The van der Waals surface area contributed by atoms with Crippen LogP contribution in [0.4, 0.5) is 13.2 Å². The molecule has 0 fully saturated rings. The number of Topliss-reactive ketones (excluding diaryl/α,β-unsaturated/α-hetero) is 1. The minimum absolute atomic E-state index is 0.0492. The van der Waals surface area contributed by atoms with Gasteiger partial charge < -0.3 is 5.11 Å². The van der Waals surface area contributed by atoms with Crippen molar-refractivity contribution in [2.45, 2.75) is 12.5 Å². The van der Waals surface area contributed by atoms with Crippen molar-refractivity contribution in [1.82, 2.24) is 0 Å². The highest BCUT2D eigenvalue weighted by molar-refractivity contribution is 6.33. The van der Waals surface area contributed by atoms with E-state index in [0.29, 0.717) is 17.2 Å². The number of halogens is 3. The van der Waals surface area contributed by atoms with Gasteiger partial charge in [0.05, 0.1) is 5.92 Å². The monoisotopic (exact) mass is 394 g/mol. The Bertz CT molecular complexity index is 1100. The van der Waals surface area contributed by atoms with Gasteiger partial charge >= 0.3 is 0 Å². The predicted octanol–water partition coefficient (Wildman–Crippen LogP) is 5.12. The van der Waals surface area contributed by atoms with E-state index in [1.165, 1.54) is 31.2 Å². The molecule has 0 unspecified atom stereocenters. The Hall–Kier alpha value is -3.18. The zero-order valence-corrected chi connectivity index (χ0v) is 15.5. The summed E-state index contributed by atoms with van der Waals surface area (Å²) in [5.41, 5.74) is -0.591. The van der Waals surface area contributed by atoms with E-state index in [4.69, 9.17) is 0 Å². The van der Waals surface area contributed by atoms with Gasteiger partial charge in [-0.1, -0.05) is 49.4 Å². The predicted molar refractivity (Wildman–Crippen MR) is 104 cm³/mol. The van der Waals surface area contributed by atoms with Gasteiger partial charge in [0.2, 0.25) is 0 Å². The van der Waals surface area contributed by atoms with Crippen molar-refractivity contribution >= 4 is 16.9 Å². The number of allylic oxidation sites excluding steroid dienone is 1. The molecule has 0 amide bonds. The lowest BCUT2D eigenvalue weighted by Gasteiger charge is -2.31. The lowest BCUT2D eigenvalue weighted by molar-refractivity contribution is -0.121. The van der Waals surface area contributed by atoms with Gasteiger partial charge in [-0.15, -0.1) is 0 Å². The van der Waals surface area contributed by atoms with E-state index in [0.717, 1.165) is 12.1 Å². The van der Waals surface area contributed by atoms with Crippen molar-refractivity contribution < 1.29 is 23.1 Å². The molecule has 1 N–H and O–H groups in total. The van der Waals surface area contributed by atoms with E-state index >= 15 is 0 Å². The molecule has 4 rings (SSSR count). The van der Waals surface area contributed by atoms with Crippen LogP contribution in [0.3, 0.4) is 0 Å². The van der Waals surface area contributed by atoms with Crippen LogP contribution in [0.15, 0.2) is 72.8 Å². The topological polar surface area (TPSA) is 37.3 Å². The zero-order chi connectivity index (χ0) is 20.8. The lowest BCUT2D eigenvalue weighted by Crippen LogP contribution is -2.34. The molecule has 1 aliphatic carbocycles. The van der Waals surface area contributed by atoms with Gasteiger partial charge in [-0.05, 0) is 41.0 Å². The van der Waals surface area contributed by atoms with Crippen LogP contribution in [0.2, 0.25) is 0 Å². The second-order valence-electron chi connectivity index (χ2n) is 7.13. The number of benzene rings is 3. The maximum Gasteiger partial charge on any atom is 0.170 e. The van der Waals surface area contributed by atoms with Crippen LogP contribution in [0.1, 0.15) is 23.6 Å². The van der Waals surface area contributed by atoms with Crippen LogP contribution in [-0.4, -0.2) is 10.9 Å². The smallest absolute Gasteiger partial charge is 0.170 e. The Morgan fingerprint density at radius 2 is 1.38 bits per heavy atom. The molecule has 29 heavy (non-hydrogen) atoms. The number of carbonyl (C=O) groups is 1. The standard InChI is InChI=1S/C24H17F3O2/c1-14-23(28)21(15-7-9-18(25)10-8-15)22(16-5-3-2-4-6-16)24(14,29)17-11-19(26)13-20(27)12-17/h2-14,29H,1H3/t14-,24+/m0/s1. The average molecular weight is 394 g/mol. The van der Waals surface area contributed by atoms with Crippen molar-refractivity contribution in [3.63, 3.8) is 0 Å². The van der Waals surface area contributed by atoms with Gasteiger partial charge in [-0.2, -0.15) is 0 Å². The normalized spacial score (nSPS) is 21.7. The molecule has 0 aromatic heterocycles. The summed E-state index contributed by atoms with van der Waals surface area (Å²) in [7, 11) is 0.